The number of aromatic nitrogens is 3. The number of carbonyl (C=O) groups excluding carboxylic acids is 1. The van der Waals surface area contributed by atoms with Gasteiger partial charge >= 0.3 is 0 Å². The summed E-state index contributed by atoms with van der Waals surface area (Å²) < 4.78 is 27.9. The Morgan fingerprint density at radius 3 is 2.52 bits per heavy atom. The number of nitrogens with one attached hydrogen (secondary N) is 2. The largest absolute Gasteiger partial charge is 0.355 e. The average Bonchev–Trinajstić information content (AvgIpc) is 3.32. The van der Waals surface area contributed by atoms with Gasteiger partial charge in [0.15, 0.2) is 5.82 Å². The van der Waals surface area contributed by atoms with Crippen LogP contribution in [0, 0.1) is 5.92 Å². The fourth-order valence-electron chi connectivity index (χ4n) is 3.61. The molecule has 11 heteroatoms. The number of piperidine rings is 1. The van der Waals surface area contributed by atoms with Crippen LogP contribution in [0.4, 0.5) is 0 Å². The van der Waals surface area contributed by atoms with E-state index >= 15 is 0 Å². The predicted octanol–water partition coefficient (Wildman–Crippen LogP) is 3.54. The predicted molar refractivity (Wildman–Crippen MR) is 131 cm³/mol. The Balaban J connectivity index is 1.20. The number of rotatable bonds is 8. The average molecular weight is 551 g/mol. The second-order valence-electron chi connectivity index (χ2n) is 7.60. The summed E-state index contributed by atoms with van der Waals surface area (Å²) in [7, 11) is -3.54. The van der Waals surface area contributed by atoms with Gasteiger partial charge in [0.2, 0.25) is 21.1 Å². The number of amides is 1. The first-order valence-electron chi connectivity index (χ1n) is 10.6. The molecule has 2 N–H and O–H groups in total. The minimum atomic E-state index is -3.54. The molecule has 0 spiro atoms. The minimum Gasteiger partial charge on any atom is -0.355 e. The lowest BCUT2D eigenvalue weighted by Gasteiger charge is -2.30. The molecule has 1 aliphatic heterocycles. The van der Waals surface area contributed by atoms with Gasteiger partial charge in [0.25, 0.3) is 0 Å². The zero-order valence-corrected chi connectivity index (χ0v) is 21.0. The highest BCUT2D eigenvalue weighted by molar-refractivity contribution is 9.10. The van der Waals surface area contributed by atoms with E-state index < -0.39 is 10.0 Å². The maximum Gasteiger partial charge on any atom is 0.243 e. The molecule has 2 heterocycles. The van der Waals surface area contributed by atoms with E-state index in [1.54, 1.807) is 24.3 Å². The Hall–Kier alpha value is -2.21. The highest BCUT2D eigenvalue weighted by atomic mass is 79.9. The molecule has 1 saturated heterocycles. The van der Waals surface area contributed by atoms with Gasteiger partial charge in [0.1, 0.15) is 0 Å². The normalized spacial score (nSPS) is 15.4. The Bertz CT molecular complexity index is 1180. The molecule has 4 rings (SSSR count). The summed E-state index contributed by atoms with van der Waals surface area (Å²) in [5.41, 5.74) is 0.971. The third-order valence-electron chi connectivity index (χ3n) is 5.42. The fraction of sp³-hybridized carbons (Fsp3) is 0.318. The maximum atomic E-state index is 12.8. The molecule has 174 valence electrons. The van der Waals surface area contributed by atoms with Crippen LogP contribution in [0.25, 0.3) is 11.4 Å². The highest BCUT2D eigenvalue weighted by Gasteiger charge is 2.31. The molecule has 0 atom stereocenters. The van der Waals surface area contributed by atoms with Crippen LogP contribution in [0.1, 0.15) is 12.8 Å². The Morgan fingerprint density at radius 1 is 1.12 bits per heavy atom. The van der Waals surface area contributed by atoms with E-state index in [2.05, 4.69) is 36.4 Å². The second kappa shape index (κ2) is 10.8. The summed E-state index contributed by atoms with van der Waals surface area (Å²) >= 11 is 4.79. The number of nitrogens with zero attached hydrogens (tertiary/aromatic N) is 3. The molecular formula is C22H24BrN5O3S2. The standard InChI is InChI=1S/C22H24BrN5O3S2/c23-18-6-8-19(9-7-18)33(30,31)28-13-10-17(11-14-28)21(29)24-12-15-32-22-25-20(26-27-22)16-4-2-1-3-5-16/h1-9,17H,10-15H2,(H,24,29)(H,25,26,27). The van der Waals surface area contributed by atoms with Crippen LogP contribution >= 0.6 is 27.7 Å². The Kier molecular flexibility index (Phi) is 7.84. The first-order valence-corrected chi connectivity index (χ1v) is 13.8. The van der Waals surface area contributed by atoms with E-state index in [0.717, 1.165) is 10.0 Å². The van der Waals surface area contributed by atoms with Crippen molar-refractivity contribution >= 4 is 43.6 Å². The molecule has 33 heavy (non-hydrogen) atoms. The van der Waals surface area contributed by atoms with Gasteiger partial charge in [-0.1, -0.05) is 58.0 Å². The Labute approximate surface area is 205 Å². The zero-order chi connectivity index (χ0) is 23.3. The molecule has 0 saturated carbocycles. The molecule has 0 aliphatic carbocycles. The van der Waals surface area contributed by atoms with Crippen molar-refractivity contribution in [3.8, 4) is 11.4 Å². The summed E-state index contributed by atoms with van der Waals surface area (Å²) in [5.74, 6) is 1.15. The van der Waals surface area contributed by atoms with Gasteiger partial charge in [-0.2, -0.15) is 4.31 Å². The van der Waals surface area contributed by atoms with Crippen molar-refractivity contribution in [2.75, 3.05) is 25.4 Å². The third-order valence-corrected chi connectivity index (χ3v) is 8.71. The molecule has 0 radical (unpaired) electrons. The van der Waals surface area contributed by atoms with Gasteiger partial charge < -0.3 is 5.32 Å². The first-order chi connectivity index (χ1) is 15.9. The first kappa shape index (κ1) is 23.9. The topological polar surface area (TPSA) is 108 Å². The molecule has 0 bridgehead atoms. The third kappa shape index (κ3) is 6.03. The quantitative estimate of drug-likeness (QED) is 0.328. The number of carbonyl (C=O) groups is 1. The second-order valence-corrected chi connectivity index (χ2v) is 11.5. The van der Waals surface area contributed by atoms with Crippen molar-refractivity contribution in [3.63, 3.8) is 0 Å². The van der Waals surface area contributed by atoms with Gasteiger partial charge in [-0.15, -0.1) is 5.10 Å². The minimum absolute atomic E-state index is 0.0312. The molecule has 1 amide bonds. The van der Waals surface area contributed by atoms with Crippen LogP contribution in [0.2, 0.25) is 0 Å². The van der Waals surface area contributed by atoms with Crippen molar-refractivity contribution in [2.45, 2.75) is 22.9 Å². The molecule has 1 aliphatic rings. The summed E-state index contributed by atoms with van der Waals surface area (Å²) in [6.07, 6.45) is 1.02. The summed E-state index contributed by atoms with van der Waals surface area (Å²) in [5, 5.41) is 10.7. The molecule has 1 fully saturated rings. The van der Waals surface area contributed by atoms with Gasteiger partial charge in [0.05, 0.1) is 4.90 Å². The number of sulfonamides is 1. The van der Waals surface area contributed by atoms with Gasteiger partial charge in [-0.3, -0.25) is 9.89 Å². The van der Waals surface area contributed by atoms with Crippen LogP contribution in [0.15, 0.2) is 69.1 Å². The molecule has 3 aromatic rings. The van der Waals surface area contributed by atoms with E-state index in [1.807, 2.05) is 30.3 Å². The van der Waals surface area contributed by atoms with Crippen molar-refractivity contribution in [3.05, 3.63) is 59.1 Å². The number of thioether (sulfide) groups is 1. The lowest BCUT2D eigenvalue weighted by molar-refractivity contribution is -0.125. The summed E-state index contributed by atoms with van der Waals surface area (Å²) in [6.45, 7) is 1.17. The number of aromatic amines is 1. The smallest absolute Gasteiger partial charge is 0.243 e. The number of hydrogen-bond acceptors (Lipinski definition) is 6. The SMILES string of the molecule is O=C(NCCSc1n[nH]c(-c2ccccc2)n1)C1CCN(S(=O)(=O)c2ccc(Br)cc2)CC1. The lowest BCUT2D eigenvalue weighted by Crippen LogP contribution is -2.43. The number of halogens is 1. The van der Waals surface area contributed by atoms with Crippen LogP contribution < -0.4 is 5.32 Å². The summed E-state index contributed by atoms with van der Waals surface area (Å²) in [4.78, 5) is 17.3. The maximum absolute atomic E-state index is 12.8. The molecule has 0 unspecified atom stereocenters. The van der Waals surface area contributed by atoms with Gasteiger partial charge in [0, 0.05) is 41.3 Å². The number of H-pyrrole nitrogens is 1. The number of hydrogen-bond donors (Lipinski definition) is 2. The number of benzene rings is 2. The van der Waals surface area contributed by atoms with Crippen LogP contribution in [0.5, 0.6) is 0 Å². The van der Waals surface area contributed by atoms with E-state index in [0.29, 0.717) is 49.2 Å². The van der Waals surface area contributed by atoms with Crippen LogP contribution in [-0.2, 0) is 14.8 Å². The van der Waals surface area contributed by atoms with E-state index in [9.17, 15) is 13.2 Å². The van der Waals surface area contributed by atoms with E-state index in [4.69, 9.17) is 0 Å². The van der Waals surface area contributed by atoms with Crippen LogP contribution in [0.3, 0.4) is 0 Å². The zero-order valence-electron chi connectivity index (χ0n) is 17.8. The van der Waals surface area contributed by atoms with E-state index in [-0.39, 0.29) is 16.7 Å². The van der Waals surface area contributed by atoms with E-state index in [1.165, 1.54) is 16.1 Å². The fourth-order valence-corrected chi connectivity index (χ4v) is 6.00. The van der Waals surface area contributed by atoms with Crippen molar-refractivity contribution in [1.82, 2.24) is 24.8 Å². The Morgan fingerprint density at radius 2 is 1.82 bits per heavy atom. The summed E-state index contributed by atoms with van der Waals surface area (Å²) in [6, 6.07) is 16.4. The molecular weight excluding hydrogens is 526 g/mol. The monoisotopic (exact) mass is 549 g/mol. The molecule has 2 aromatic carbocycles. The molecule has 1 aromatic heterocycles. The van der Waals surface area contributed by atoms with Gasteiger partial charge in [-0.25, -0.2) is 13.4 Å². The van der Waals surface area contributed by atoms with Crippen molar-refractivity contribution in [1.29, 1.82) is 0 Å². The van der Waals surface area contributed by atoms with Crippen LogP contribution in [-0.4, -0.2) is 59.2 Å². The molecule has 8 nitrogen and oxygen atoms in total. The van der Waals surface area contributed by atoms with Crippen molar-refractivity contribution < 1.29 is 13.2 Å². The van der Waals surface area contributed by atoms with Gasteiger partial charge in [-0.05, 0) is 37.1 Å². The lowest BCUT2D eigenvalue weighted by atomic mass is 9.97. The van der Waals surface area contributed by atoms with Crippen molar-refractivity contribution in [2.24, 2.45) is 5.92 Å². The highest BCUT2D eigenvalue weighted by Crippen LogP contribution is 2.25.